The number of hydrogen-bond donors (Lipinski definition) is 0. The summed E-state index contributed by atoms with van der Waals surface area (Å²) in [6.45, 7) is 6.24. The first-order valence-electron chi connectivity index (χ1n) is 10.4. The number of thiazole rings is 1. The molecule has 0 fully saturated rings. The number of ether oxygens (including phenoxy) is 2. The molecule has 0 spiro atoms. The maximum absolute atomic E-state index is 13.0. The third-order valence-corrected chi connectivity index (χ3v) is 6.14. The molecular weight excluding hydrogens is 428 g/mol. The van der Waals surface area contributed by atoms with Gasteiger partial charge in [-0.25, -0.2) is 0 Å². The van der Waals surface area contributed by atoms with Crippen molar-refractivity contribution in [3.05, 3.63) is 58.6 Å². The van der Waals surface area contributed by atoms with Gasteiger partial charge < -0.3 is 18.5 Å². The Labute approximate surface area is 188 Å². The predicted molar refractivity (Wildman–Crippen MR) is 123 cm³/mol. The van der Waals surface area contributed by atoms with Gasteiger partial charge in [-0.3, -0.25) is 9.59 Å². The van der Waals surface area contributed by atoms with Crippen LogP contribution in [0.2, 0.25) is 0 Å². The highest BCUT2D eigenvalue weighted by Crippen LogP contribution is 2.29. The molecule has 4 aromatic rings. The average Bonchev–Trinajstić information content (AvgIpc) is 3.35. The van der Waals surface area contributed by atoms with Crippen molar-refractivity contribution in [3.8, 4) is 5.75 Å². The first-order chi connectivity index (χ1) is 15.4. The van der Waals surface area contributed by atoms with Crippen LogP contribution >= 0.6 is 11.3 Å². The number of hydrogen-bond acceptors (Lipinski definition) is 6. The highest BCUT2D eigenvalue weighted by atomic mass is 32.1. The van der Waals surface area contributed by atoms with Gasteiger partial charge in [0.1, 0.15) is 6.54 Å². The van der Waals surface area contributed by atoms with Crippen LogP contribution in [0.4, 0.5) is 0 Å². The maximum atomic E-state index is 13.0. The first-order valence-corrected chi connectivity index (χ1v) is 11.2. The van der Waals surface area contributed by atoms with Gasteiger partial charge in [-0.15, -0.1) is 0 Å². The number of nitrogens with zero attached hydrogens (tertiary/aromatic N) is 2. The van der Waals surface area contributed by atoms with E-state index in [2.05, 4.69) is 24.9 Å². The van der Waals surface area contributed by atoms with Crippen LogP contribution in [0.3, 0.4) is 0 Å². The lowest BCUT2D eigenvalue weighted by Gasteiger charge is -2.07. The number of carbonyl (C=O) groups is 2. The molecule has 0 radical (unpaired) electrons. The number of para-hydroxylation sites is 1. The normalized spacial score (nSPS) is 12.1. The molecule has 166 valence electrons. The molecule has 0 bridgehead atoms. The maximum Gasteiger partial charge on any atom is 0.326 e. The van der Waals surface area contributed by atoms with E-state index < -0.39 is 5.91 Å². The number of aromatic nitrogens is 1. The van der Waals surface area contributed by atoms with Crippen molar-refractivity contribution < 1.29 is 23.5 Å². The number of fused-ring (bicyclic) bond motifs is 2. The number of esters is 1. The Morgan fingerprint density at radius 1 is 1.19 bits per heavy atom. The summed E-state index contributed by atoms with van der Waals surface area (Å²) >= 11 is 1.35. The molecule has 0 N–H and O–H groups in total. The highest BCUT2D eigenvalue weighted by molar-refractivity contribution is 7.16. The van der Waals surface area contributed by atoms with Gasteiger partial charge in [0, 0.05) is 5.39 Å². The summed E-state index contributed by atoms with van der Waals surface area (Å²) in [5, 5.41) is 0.750. The van der Waals surface area contributed by atoms with Crippen LogP contribution in [-0.2, 0) is 16.1 Å². The Hall–Kier alpha value is -3.39. The van der Waals surface area contributed by atoms with Crippen LogP contribution in [0.1, 0.15) is 42.8 Å². The monoisotopic (exact) mass is 452 g/mol. The minimum Gasteiger partial charge on any atom is -0.493 e. The van der Waals surface area contributed by atoms with Gasteiger partial charge in [0.15, 0.2) is 21.9 Å². The van der Waals surface area contributed by atoms with Gasteiger partial charge in [0.05, 0.1) is 23.9 Å². The summed E-state index contributed by atoms with van der Waals surface area (Å²) in [6, 6.07) is 13.1. The number of amides is 1. The second kappa shape index (κ2) is 9.00. The van der Waals surface area contributed by atoms with E-state index >= 15 is 0 Å². The standard InChI is InChI=1S/C24H24N2O5S/c1-5-30-21(27)13-26-17-10-9-15(14(2)3)12-20(17)32-24(26)25-23(28)19-11-16-7-6-8-18(29-4)22(16)31-19/h6-12,14H,5,13H2,1-4H3. The Bertz CT molecular complexity index is 1380. The van der Waals surface area contributed by atoms with Crippen LogP contribution < -0.4 is 9.54 Å². The Morgan fingerprint density at radius 3 is 2.72 bits per heavy atom. The molecule has 0 aliphatic heterocycles. The van der Waals surface area contributed by atoms with Crippen LogP contribution in [0, 0.1) is 0 Å². The summed E-state index contributed by atoms with van der Waals surface area (Å²) in [5.41, 5.74) is 2.49. The molecule has 0 aliphatic carbocycles. The largest absolute Gasteiger partial charge is 0.493 e. The minimum atomic E-state index is -0.531. The van der Waals surface area contributed by atoms with Crippen LogP contribution in [-0.4, -0.2) is 30.2 Å². The van der Waals surface area contributed by atoms with Gasteiger partial charge in [0.25, 0.3) is 0 Å². The van der Waals surface area contributed by atoms with E-state index in [1.54, 1.807) is 30.7 Å². The average molecular weight is 453 g/mol. The minimum absolute atomic E-state index is 0.0328. The molecule has 0 aliphatic rings. The molecule has 2 heterocycles. The molecule has 0 unspecified atom stereocenters. The molecule has 8 heteroatoms. The van der Waals surface area contributed by atoms with E-state index in [4.69, 9.17) is 13.9 Å². The van der Waals surface area contributed by atoms with E-state index in [-0.39, 0.29) is 24.9 Å². The lowest BCUT2D eigenvalue weighted by Crippen LogP contribution is -2.23. The van der Waals surface area contributed by atoms with E-state index in [0.717, 1.165) is 15.6 Å². The van der Waals surface area contributed by atoms with Gasteiger partial charge in [-0.2, -0.15) is 4.99 Å². The van der Waals surface area contributed by atoms with Gasteiger partial charge in [-0.1, -0.05) is 43.4 Å². The van der Waals surface area contributed by atoms with Gasteiger partial charge in [-0.05, 0) is 42.7 Å². The van der Waals surface area contributed by atoms with Gasteiger partial charge in [0.2, 0.25) is 0 Å². The van der Waals surface area contributed by atoms with E-state index in [9.17, 15) is 9.59 Å². The fraction of sp³-hybridized carbons (Fsp3) is 0.292. The fourth-order valence-electron chi connectivity index (χ4n) is 3.47. The lowest BCUT2D eigenvalue weighted by atomic mass is 10.0. The molecule has 0 saturated heterocycles. The Morgan fingerprint density at radius 2 is 2.00 bits per heavy atom. The smallest absolute Gasteiger partial charge is 0.326 e. The van der Waals surface area contributed by atoms with Gasteiger partial charge >= 0.3 is 11.9 Å². The van der Waals surface area contributed by atoms with Crippen molar-refractivity contribution in [1.82, 2.24) is 4.57 Å². The molecule has 0 saturated carbocycles. The molecule has 1 amide bonds. The highest BCUT2D eigenvalue weighted by Gasteiger charge is 2.17. The van der Waals surface area contributed by atoms with Crippen molar-refractivity contribution >= 4 is 44.4 Å². The van der Waals surface area contributed by atoms with Crippen molar-refractivity contribution in [2.75, 3.05) is 13.7 Å². The quantitative estimate of drug-likeness (QED) is 0.389. The zero-order valence-corrected chi connectivity index (χ0v) is 19.2. The number of carbonyl (C=O) groups excluding carboxylic acids is 2. The summed E-state index contributed by atoms with van der Waals surface area (Å²) < 4.78 is 18.8. The summed E-state index contributed by atoms with van der Waals surface area (Å²) in [4.78, 5) is 29.9. The van der Waals surface area contributed by atoms with Crippen LogP contribution in [0.25, 0.3) is 21.2 Å². The SMILES string of the molecule is CCOC(=O)Cn1c(=NC(=O)c2cc3cccc(OC)c3o2)sc2cc(C(C)C)ccc21. The van der Waals surface area contributed by atoms with Crippen molar-refractivity contribution in [1.29, 1.82) is 0 Å². The topological polar surface area (TPSA) is 83.0 Å². The van der Waals surface area contributed by atoms with E-state index in [0.29, 0.717) is 22.1 Å². The predicted octanol–water partition coefficient (Wildman–Crippen LogP) is 4.89. The fourth-order valence-corrected chi connectivity index (χ4v) is 4.54. The summed E-state index contributed by atoms with van der Waals surface area (Å²) in [6.07, 6.45) is 0. The number of furan rings is 1. The van der Waals surface area contributed by atoms with E-state index in [1.807, 2.05) is 24.3 Å². The second-order valence-corrected chi connectivity index (χ2v) is 8.57. The number of benzene rings is 2. The zero-order valence-electron chi connectivity index (χ0n) is 18.4. The molecular formula is C24H24N2O5S. The van der Waals surface area contributed by atoms with Crippen molar-refractivity contribution in [2.24, 2.45) is 4.99 Å². The van der Waals surface area contributed by atoms with Crippen molar-refractivity contribution in [3.63, 3.8) is 0 Å². The second-order valence-electron chi connectivity index (χ2n) is 7.56. The van der Waals surface area contributed by atoms with E-state index in [1.165, 1.54) is 16.9 Å². The number of rotatable bonds is 6. The molecule has 0 atom stereocenters. The third kappa shape index (κ3) is 4.18. The third-order valence-electron chi connectivity index (χ3n) is 5.10. The first kappa shape index (κ1) is 21.8. The lowest BCUT2D eigenvalue weighted by molar-refractivity contribution is -0.143. The summed E-state index contributed by atoms with van der Waals surface area (Å²) in [7, 11) is 1.55. The molecule has 32 heavy (non-hydrogen) atoms. The van der Waals surface area contributed by atoms with Crippen LogP contribution in [0.5, 0.6) is 5.75 Å². The van der Waals surface area contributed by atoms with Crippen molar-refractivity contribution in [2.45, 2.75) is 33.2 Å². The Balaban J connectivity index is 1.82. The van der Waals surface area contributed by atoms with Crippen LogP contribution in [0.15, 0.2) is 51.9 Å². The number of methoxy groups -OCH3 is 1. The Kier molecular flexibility index (Phi) is 6.14. The molecule has 2 aromatic carbocycles. The molecule has 4 rings (SSSR count). The summed E-state index contributed by atoms with van der Waals surface area (Å²) in [5.74, 6) is 0.0843. The zero-order chi connectivity index (χ0) is 22.8. The molecule has 7 nitrogen and oxygen atoms in total. The molecule has 2 aromatic heterocycles.